The van der Waals surface area contributed by atoms with Crippen molar-refractivity contribution in [3.8, 4) is 5.75 Å². The van der Waals surface area contributed by atoms with Crippen molar-refractivity contribution in [2.24, 2.45) is 5.73 Å². The van der Waals surface area contributed by atoms with Crippen LogP contribution in [0.15, 0.2) is 24.3 Å². The first-order chi connectivity index (χ1) is 9.76. The minimum absolute atomic E-state index is 0.129. The molecule has 2 atom stereocenters. The summed E-state index contributed by atoms with van der Waals surface area (Å²) in [4.78, 5) is 2.58. The molecule has 1 aromatic rings. The summed E-state index contributed by atoms with van der Waals surface area (Å²) < 4.78 is 5.90. The van der Waals surface area contributed by atoms with Crippen molar-refractivity contribution >= 4 is 11.8 Å². The highest BCUT2D eigenvalue weighted by Crippen LogP contribution is 2.39. The largest absolute Gasteiger partial charge is 0.492 e. The van der Waals surface area contributed by atoms with Crippen LogP contribution < -0.4 is 10.5 Å². The van der Waals surface area contributed by atoms with Gasteiger partial charge in [0, 0.05) is 36.0 Å². The van der Waals surface area contributed by atoms with E-state index in [9.17, 15) is 0 Å². The van der Waals surface area contributed by atoms with E-state index in [1.165, 1.54) is 24.2 Å². The van der Waals surface area contributed by atoms with Crippen molar-refractivity contribution in [1.29, 1.82) is 0 Å². The molecule has 1 aromatic carbocycles. The fraction of sp³-hybridized carbons (Fsp3) is 0.625. The maximum Gasteiger partial charge on any atom is 0.123 e. The number of hydrogen-bond acceptors (Lipinski definition) is 4. The van der Waals surface area contributed by atoms with Crippen LogP contribution in [0.25, 0.3) is 0 Å². The van der Waals surface area contributed by atoms with Crippen LogP contribution in [-0.4, -0.2) is 41.1 Å². The van der Waals surface area contributed by atoms with Crippen LogP contribution in [-0.2, 0) is 6.54 Å². The van der Waals surface area contributed by atoms with E-state index in [0.717, 1.165) is 32.0 Å². The average Bonchev–Trinajstić information content (AvgIpc) is 2.70. The van der Waals surface area contributed by atoms with Gasteiger partial charge in [-0.2, -0.15) is 11.8 Å². The van der Waals surface area contributed by atoms with E-state index in [4.69, 9.17) is 10.5 Å². The zero-order valence-electron chi connectivity index (χ0n) is 12.2. The van der Waals surface area contributed by atoms with Crippen molar-refractivity contribution in [3.05, 3.63) is 29.8 Å². The third-order valence-corrected chi connectivity index (χ3v) is 6.28. The molecule has 0 bridgehead atoms. The van der Waals surface area contributed by atoms with Crippen LogP contribution in [0.5, 0.6) is 5.75 Å². The number of para-hydroxylation sites is 1. The molecule has 2 aliphatic rings. The first-order valence-corrected chi connectivity index (χ1v) is 8.58. The lowest BCUT2D eigenvalue weighted by molar-refractivity contribution is 0.0678. The summed E-state index contributed by atoms with van der Waals surface area (Å²) in [5.41, 5.74) is 7.66. The Bertz CT molecular complexity index is 468. The number of rotatable bonds is 2. The highest BCUT2D eigenvalue weighted by atomic mass is 32.2. The summed E-state index contributed by atoms with van der Waals surface area (Å²) in [7, 11) is 0. The molecule has 0 aliphatic carbocycles. The molecule has 0 radical (unpaired) electrons. The summed E-state index contributed by atoms with van der Waals surface area (Å²) in [6.07, 6.45) is 2.48. The van der Waals surface area contributed by atoms with E-state index in [0.29, 0.717) is 5.25 Å². The Balaban J connectivity index is 1.89. The van der Waals surface area contributed by atoms with Crippen LogP contribution in [0.2, 0.25) is 0 Å². The molecule has 110 valence electrons. The second-order valence-electron chi connectivity index (χ2n) is 5.80. The van der Waals surface area contributed by atoms with Gasteiger partial charge in [-0.3, -0.25) is 4.90 Å². The molecule has 2 aliphatic heterocycles. The molecule has 1 fully saturated rings. The van der Waals surface area contributed by atoms with Gasteiger partial charge in [0.25, 0.3) is 0 Å². The van der Waals surface area contributed by atoms with Gasteiger partial charge in [0.05, 0.1) is 0 Å². The van der Waals surface area contributed by atoms with Crippen LogP contribution >= 0.6 is 11.8 Å². The number of hydrogen-bond donors (Lipinski definition) is 1. The van der Waals surface area contributed by atoms with Gasteiger partial charge in [-0.05, 0) is 24.7 Å². The van der Waals surface area contributed by atoms with E-state index >= 15 is 0 Å². The van der Waals surface area contributed by atoms with Crippen molar-refractivity contribution in [2.45, 2.75) is 37.1 Å². The van der Waals surface area contributed by atoms with E-state index < -0.39 is 0 Å². The number of benzene rings is 1. The molecule has 1 saturated heterocycles. The Morgan fingerprint density at radius 2 is 2.30 bits per heavy atom. The maximum atomic E-state index is 6.23. The molecule has 2 N–H and O–H groups in total. The lowest BCUT2D eigenvalue weighted by Crippen LogP contribution is -2.61. The Morgan fingerprint density at radius 3 is 3.10 bits per heavy atom. The van der Waals surface area contributed by atoms with Crippen molar-refractivity contribution in [3.63, 3.8) is 0 Å². The Kier molecular flexibility index (Phi) is 4.24. The predicted molar refractivity (Wildman–Crippen MR) is 85.3 cm³/mol. The third-order valence-electron chi connectivity index (χ3n) is 4.81. The van der Waals surface area contributed by atoms with Gasteiger partial charge in [-0.15, -0.1) is 0 Å². The first-order valence-electron chi connectivity index (χ1n) is 7.54. The van der Waals surface area contributed by atoms with Crippen LogP contribution in [0.3, 0.4) is 0 Å². The summed E-state index contributed by atoms with van der Waals surface area (Å²) in [5.74, 6) is 2.31. The second kappa shape index (κ2) is 5.96. The van der Waals surface area contributed by atoms with Crippen molar-refractivity contribution in [2.75, 3.05) is 25.4 Å². The second-order valence-corrected chi connectivity index (χ2v) is 7.25. The predicted octanol–water partition coefficient (Wildman–Crippen LogP) is 2.49. The zero-order chi connectivity index (χ0) is 14.0. The molecule has 0 aromatic heterocycles. The maximum absolute atomic E-state index is 6.23. The Labute approximate surface area is 125 Å². The summed E-state index contributed by atoms with van der Waals surface area (Å²) in [6, 6.07) is 8.40. The molecule has 3 rings (SSSR count). The van der Waals surface area contributed by atoms with Gasteiger partial charge < -0.3 is 10.5 Å². The van der Waals surface area contributed by atoms with E-state index in [-0.39, 0.29) is 5.54 Å². The van der Waals surface area contributed by atoms with Gasteiger partial charge in [0.15, 0.2) is 0 Å². The molecule has 2 unspecified atom stereocenters. The van der Waals surface area contributed by atoms with Gasteiger partial charge in [-0.1, -0.05) is 25.1 Å². The van der Waals surface area contributed by atoms with Crippen LogP contribution in [0.4, 0.5) is 0 Å². The van der Waals surface area contributed by atoms with Crippen LogP contribution in [0, 0.1) is 0 Å². The smallest absolute Gasteiger partial charge is 0.123 e. The van der Waals surface area contributed by atoms with Gasteiger partial charge in [-0.25, -0.2) is 0 Å². The minimum atomic E-state index is 0.129. The highest BCUT2D eigenvalue weighted by molar-refractivity contribution is 8.00. The number of thioether (sulfide) groups is 1. The van der Waals surface area contributed by atoms with E-state index in [1.807, 2.05) is 6.07 Å². The Hall–Kier alpha value is -0.710. The lowest BCUT2D eigenvalue weighted by Gasteiger charge is -2.49. The molecule has 2 heterocycles. The fourth-order valence-electron chi connectivity index (χ4n) is 3.51. The van der Waals surface area contributed by atoms with Crippen molar-refractivity contribution < 1.29 is 4.74 Å². The molecule has 20 heavy (non-hydrogen) atoms. The third kappa shape index (κ3) is 2.45. The topological polar surface area (TPSA) is 38.5 Å². The molecule has 4 heteroatoms. The number of nitrogens with two attached hydrogens (primary N) is 1. The minimum Gasteiger partial charge on any atom is -0.492 e. The summed E-state index contributed by atoms with van der Waals surface area (Å²) in [5, 5.41) is 0.589. The quantitative estimate of drug-likeness (QED) is 0.909. The monoisotopic (exact) mass is 292 g/mol. The van der Waals surface area contributed by atoms with Gasteiger partial charge in [0.2, 0.25) is 0 Å². The molecule has 0 saturated carbocycles. The summed E-state index contributed by atoms with van der Waals surface area (Å²) >= 11 is 2.07. The standard InChI is InChI=1S/C16H24N2OS/c1-13-16(12-17,7-4-10-20-13)18-8-9-19-15-6-3-2-5-14(15)11-18/h2-3,5-6,13H,4,7-12,17H2,1H3. The normalized spacial score (nSPS) is 31.2. The highest BCUT2D eigenvalue weighted by Gasteiger charge is 2.43. The SMILES string of the molecule is CC1SCCCC1(CN)N1CCOc2ccccc2C1. The molecular formula is C16H24N2OS. The average molecular weight is 292 g/mol. The first kappa shape index (κ1) is 14.2. The number of ether oxygens (including phenoxy) is 1. The Morgan fingerprint density at radius 1 is 1.45 bits per heavy atom. The van der Waals surface area contributed by atoms with Gasteiger partial charge >= 0.3 is 0 Å². The zero-order valence-corrected chi connectivity index (χ0v) is 13.0. The van der Waals surface area contributed by atoms with Crippen LogP contribution in [0.1, 0.15) is 25.3 Å². The van der Waals surface area contributed by atoms with E-state index in [2.05, 4.69) is 41.8 Å². The molecule has 3 nitrogen and oxygen atoms in total. The number of fused-ring (bicyclic) bond motifs is 1. The summed E-state index contributed by atoms with van der Waals surface area (Å²) in [6.45, 7) is 5.77. The number of nitrogens with zero attached hydrogens (tertiary/aromatic N) is 1. The molecular weight excluding hydrogens is 268 g/mol. The van der Waals surface area contributed by atoms with Gasteiger partial charge in [0.1, 0.15) is 12.4 Å². The van der Waals surface area contributed by atoms with E-state index in [1.54, 1.807) is 0 Å². The molecule has 0 amide bonds. The lowest BCUT2D eigenvalue weighted by atomic mass is 9.87. The van der Waals surface area contributed by atoms with Crippen molar-refractivity contribution in [1.82, 2.24) is 4.90 Å². The molecule has 0 spiro atoms. The fourth-order valence-corrected chi connectivity index (χ4v) is 4.85.